The van der Waals surface area contributed by atoms with Gasteiger partial charge in [0.2, 0.25) is 5.89 Å². The van der Waals surface area contributed by atoms with Gasteiger partial charge in [-0.05, 0) is 32.6 Å². The second-order valence-corrected chi connectivity index (χ2v) is 6.49. The van der Waals surface area contributed by atoms with Gasteiger partial charge in [-0.15, -0.1) is 5.10 Å². The van der Waals surface area contributed by atoms with Crippen molar-refractivity contribution < 1.29 is 4.42 Å². The van der Waals surface area contributed by atoms with E-state index in [1.165, 1.54) is 0 Å². The van der Waals surface area contributed by atoms with Crippen molar-refractivity contribution in [2.75, 3.05) is 5.32 Å². The van der Waals surface area contributed by atoms with Gasteiger partial charge in [-0.3, -0.25) is 0 Å². The van der Waals surface area contributed by atoms with Crippen molar-refractivity contribution in [3.8, 4) is 0 Å². The van der Waals surface area contributed by atoms with E-state index in [4.69, 9.17) is 4.42 Å². The maximum atomic E-state index is 5.53. The van der Waals surface area contributed by atoms with Crippen LogP contribution in [0, 0.1) is 5.41 Å². The molecule has 1 fully saturated rings. The minimum absolute atomic E-state index is 0.0561. The van der Waals surface area contributed by atoms with Crippen molar-refractivity contribution in [3.05, 3.63) is 5.89 Å². The quantitative estimate of drug-likeness (QED) is 0.841. The molecule has 1 atom stereocenters. The molecule has 1 aliphatic carbocycles. The molecule has 96 valence electrons. The Morgan fingerprint density at radius 3 is 2.53 bits per heavy atom. The lowest BCUT2D eigenvalue weighted by molar-refractivity contribution is 0.383. The minimum Gasteiger partial charge on any atom is -0.407 e. The molecule has 0 saturated heterocycles. The molecule has 1 aromatic rings. The molecule has 0 aromatic carbocycles. The van der Waals surface area contributed by atoms with Gasteiger partial charge >= 0.3 is 6.01 Å². The van der Waals surface area contributed by atoms with Crippen molar-refractivity contribution in [3.63, 3.8) is 0 Å². The third-order valence-electron chi connectivity index (χ3n) is 3.05. The van der Waals surface area contributed by atoms with Crippen LogP contribution in [0.1, 0.15) is 46.9 Å². The molecule has 0 aliphatic heterocycles. The first-order chi connectivity index (χ1) is 7.76. The van der Waals surface area contributed by atoms with Gasteiger partial charge in [-0.2, -0.15) is 0 Å². The molecule has 1 saturated carbocycles. The zero-order chi connectivity index (χ0) is 12.7. The summed E-state index contributed by atoms with van der Waals surface area (Å²) >= 11 is 0. The lowest BCUT2D eigenvalue weighted by Crippen LogP contribution is -2.35. The van der Waals surface area contributed by atoms with Crippen LogP contribution >= 0.6 is 0 Å². The topological polar surface area (TPSA) is 63.0 Å². The first-order valence-electron chi connectivity index (χ1n) is 6.10. The molecule has 1 aromatic heterocycles. The summed E-state index contributed by atoms with van der Waals surface area (Å²) in [4.78, 5) is 0. The summed E-state index contributed by atoms with van der Waals surface area (Å²) in [7, 11) is 0. The van der Waals surface area contributed by atoms with Crippen LogP contribution in [0.15, 0.2) is 4.42 Å². The lowest BCUT2D eigenvalue weighted by atomic mass is 10.1. The van der Waals surface area contributed by atoms with Gasteiger partial charge in [0.1, 0.15) is 0 Å². The molecule has 1 heterocycles. The zero-order valence-electron chi connectivity index (χ0n) is 11.3. The number of hydrogen-bond donors (Lipinski definition) is 2. The van der Waals surface area contributed by atoms with E-state index in [1.807, 2.05) is 0 Å². The van der Waals surface area contributed by atoms with Gasteiger partial charge in [0.05, 0.1) is 6.54 Å². The molecule has 1 aliphatic rings. The second kappa shape index (κ2) is 3.98. The van der Waals surface area contributed by atoms with Gasteiger partial charge in [-0.25, -0.2) is 0 Å². The fourth-order valence-corrected chi connectivity index (χ4v) is 1.59. The second-order valence-electron chi connectivity index (χ2n) is 6.49. The van der Waals surface area contributed by atoms with E-state index in [9.17, 15) is 0 Å². The Morgan fingerprint density at radius 2 is 2.00 bits per heavy atom. The summed E-state index contributed by atoms with van der Waals surface area (Å²) in [5.74, 6) is 0.626. The van der Waals surface area contributed by atoms with E-state index >= 15 is 0 Å². The highest BCUT2D eigenvalue weighted by Crippen LogP contribution is 2.46. The standard InChI is InChI=1S/C12H22N4O/c1-11(2,3)13-7-9-15-16-10(17-9)14-8-6-12(8,4)5/h8,13H,6-7H2,1-5H3,(H,14,16). The highest BCUT2D eigenvalue weighted by atomic mass is 16.4. The predicted octanol–water partition coefficient (Wildman–Crippen LogP) is 2.17. The number of nitrogens with zero attached hydrogens (tertiary/aromatic N) is 2. The third kappa shape index (κ3) is 3.43. The van der Waals surface area contributed by atoms with E-state index in [1.54, 1.807) is 0 Å². The van der Waals surface area contributed by atoms with Crippen molar-refractivity contribution in [2.24, 2.45) is 5.41 Å². The molecule has 5 nitrogen and oxygen atoms in total. The van der Waals surface area contributed by atoms with Crippen LogP contribution in [0.3, 0.4) is 0 Å². The largest absolute Gasteiger partial charge is 0.407 e. The molecule has 2 N–H and O–H groups in total. The number of nitrogens with one attached hydrogen (secondary N) is 2. The number of anilines is 1. The van der Waals surface area contributed by atoms with Crippen LogP contribution in [0.5, 0.6) is 0 Å². The molecule has 5 heteroatoms. The molecule has 0 amide bonds. The van der Waals surface area contributed by atoms with Gasteiger partial charge in [0, 0.05) is 11.6 Å². The molecule has 0 radical (unpaired) electrons. The van der Waals surface area contributed by atoms with Crippen molar-refractivity contribution in [1.29, 1.82) is 0 Å². The Balaban J connectivity index is 1.84. The molecule has 17 heavy (non-hydrogen) atoms. The summed E-state index contributed by atoms with van der Waals surface area (Å²) in [5.41, 5.74) is 0.416. The first kappa shape index (κ1) is 12.4. The molecule has 1 unspecified atom stereocenters. The smallest absolute Gasteiger partial charge is 0.315 e. The normalized spacial score (nSPS) is 22.5. The fraction of sp³-hybridized carbons (Fsp3) is 0.833. The monoisotopic (exact) mass is 238 g/mol. The van der Waals surface area contributed by atoms with Crippen LogP contribution in [-0.4, -0.2) is 21.8 Å². The maximum absolute atomic E-state index is 5.53. The third-order valence-corrected chi connectivity index (χ3v) is 3.05. The Hall–Kier alpha value is -1.10. The molecule has 2 rings (SSSR count). The van der Waals surface area contributed by atoms with Crippen molar-refractivity contribution in [1.82, 2.24) is 15.5 Å². The van der Waals surface area contributed by atoms with E-state index in [2.05, 4.69) is 55.4 Å². The summed E-state index contributed by atoms with van der Waals surface area (Å²) in [6.07, 6.45) is 1.16. The number of aromatic nitrogens is 2. The average Bonchev–Trinajstić information content (AvgIpc) is 2.61. The SMILES string of the molecule is CC(C)(C)NCc1nnc(NC2CC2(C)C)o1. The lowest BCUT2D eigenvalue weighted by Gasteiger charge is -2.18. The van der Waals surface area contributed by atoms with Crippen LogP contribution in [0.25, 0.3) is 0 Å². The summed E-state index contributed by atoms with van der Waals surface area (Å²) in [6.45, 7) is 11.4. The maximum Gasteiger partial charge on any atom is 0.315 e. The molecular formula is C12H22N4O. The predicted molar refractivity (Wildman–Crippen MR) is 66.7 cm³/mol. The van der Waals surface area contributed by atoms with E-state index in [0.717, 1.165) is 6.42 Å². The van der Waals surface area contributed by atoms with Gasteiger partial charge < -0.3 is 15.1 Å². The Bertz CT molecular complexity index is 391. The Labute approximate surface area is 102 Å². The van der Waals surface area contributed by atoms with E-state index in [0.29, 0.717) is 29.9 Å². The zero-order valence-corrected chi connectivity index (χ0v) is 11.3. The summed E-state index contributed by atoms with van der Waals surface area (Å²) in [5, 5.41) is 14.6. The van der Waals surface area contributed by atoms with E-state index < -0.39 is 0 Å². The van der Waals surface area contributed by atoms with Crippen molar-refractivity contribution in [2.45, 2.75) is 59.2 Å². The van der Waals surface area contributed by atoms with Crippen LogP contribution in [0.4, 0.5) is 6.01 Å². The highest BCUT2D eigenvalue weighted by Gasteiger charge is 2.46. The van der Waals surface area contributed by atoms with Gasteiger partial charge in [-0.1, -0.05) is 18.9 Å². The van der Waals surface area contributed by atoms with E-state index in [-0.39, 0.29) is 5.54 Å². The molecule has 0 bridgehead atoms. The highest BCUT2D eigenvalue weighted by molar-refractivity contribution is 5.26. The fourth-order valence-electron chi connectivity index (χ4n) is 1.59. The van der Waals surface area contributed by atoms with Gasteiger partial charge in [0.15, 0.2) is 0 Å². The first-order valence-corrected chi connectivity index (χ1v) is 6.10. The van der Waals surface area contributed by atoms with Gasteiger partial charge in [0.25, 0.3) is 0 Å². The van der Waals surface area contributed by atoms with Crippen LogP contribution in [-0.2, 0) is 6.54 Å². The Kier molecular flexibility index (Phi) is 2.89. The number of hydrogen-bond acceptors (Lipinski definition) is 5. The molecule has 0 spiro atoms. The molecular weight excluding hydrogens is 216 g/mol. The van der Waals surface area contributed by atoms with Crippen molar-refractivity contribution >= 4 is 6.01 Å². The number of rotatable bonds is 4. The average molecular weight is 238 g/mol. The Morgan fingerprint density at radius 1 is 1.35 bits per heavy atom. The minimum atomic E-state index is 0.0561. The van der Waals surface area contributed by atoms with Crippen LogP contribution < -0.4 is 10.6 Å². The summed E-state index contributed by atoms with van der Waals surface area (Å²) in [6, 6.07) is 0.998. The summed E-state index contributed by atoms with van der Waals surface area (Å²) < 4.78 is 5.53. The van der Waals surface area contributed by atoms with Crippen LogP contribution in [0.2, 0.25) is 0 Å².